The minimum atomic E-state index is -0.257. The Labute approximate surface area is 238 Å². The molecule has 10 heteroatoms. The highest BCUT2D eigenvalue weighted by Gasteiger charge is 2.38. The molecule has 41 heavy (non-hydrogen) atoms. The predicted octanol–water partition coefficient (Wildman–Crippen LogP) is 3.76. The van der Waals surface area contributed by atoms with Crippen molar-refractivity contribution in [3.8, 4) is 22.4 Å². The van der Waals surface area contributed by atoms with Crippen LogP contribution < -0.4 is 15.8 Å². The topological polar surface area (TPSA) is 118 Å². The van der Waals surface area contributed by atoms with Gasteiger partial charge in [-0.05, 0) is 81.0 Å². The number of fused-ring (bicyclic) bond motifs is 2. The van der Waals surface area contributed by atoms with Crippen molar-refractivity contribution < 1.29 is 9.53 Å². The fourth-order valence-corrected chi connectivity index (χ4v) is 6.22. The third-order valence-corrected chi connectivity index (χ3v) is 8.39. The third-order valence-electron chi connectivity index (χ3n) is 8.39. The lowest BCUT2D eigenvalue weighted by Gasteiger charge is -2.34. The van der Waals surface area contributed by atoms with E-state index in [1.54, 1.807) is 0 Å². The van der Waals surface area contributed by atoms with Crippen LogP contribution in [0.5, 0.6) is 0 Å². The SMILES string of the molecule is Cc1cc(C)c(CNC(=O)c2cc(-c3cnc(N4C5CCC4COC5)nc3)cc(-c3c(C)cnn3C)c2C)c(=O)[nH]1. The van der Waals surface area contributed by atoms with Crippen LogP contribution in [0.15, 0.2) is 41.6 Å². The van der Waals surface area contributed by atoms with E-state index in [0.717, 1.165) is 63.6 Å². The van der Waals surface area contributed by atoms with Gasteiger partial charge in [-0.1, -0.05) is 0 Å². The van der Waals surface area contributed by atoms with E-state index in [0.29, 0.717) is 36.4 Å². The number of benzene rings is 1. The van der Waals surface area contributed by atoms with Gasteiger partial charge in [0.15, 0.2) is 0 Å². The smallest absolute Gasteiger partial charge is 0.253 e. The van der Waals surface area contributed by atoms with Crippen LogP contribution in [0.2, 0.25) is 0 Å². The van der Waals surface area contributed by atoms with Crippen LogP contribution in [0.1, 0.15) is 51.1 Å². The molecule has 1 amide bonds. The highest BCUT2D eigenvalue weighted by molar-refractivity contribution is 5.99. The lowest BCUT2D eigenvalue weighted by Crippen LogP contribution is -2.46. The number of carbonyl (C=O) groups excluding carboxylic acids is 1. The van der Waals surface area contributed by atoms with Gasteiger partial charge in [-0.2, -0.15) is 5.10 Å². The van der Waals surface area contributed by atoms with Crippen molar-refractivity contribution in [2.24, 2.45) is 7.05 Å². The molecule has 0 spiro atoms. The van der Waals surface area contributed by atoms with Crippen molar-refractivity contribution in [2.75, 3.05) is 18.1 Å². The Bertz CT molecular complexity index is 1650. The molecule has 2 N–H and O–H groups in total. The van der Waals surface area contributed by atoms with Crippen LogP contribution in [-0.2, 0) is 18.3 Å². The monoisotopic (exact) mass is 553 g/mol. The highest BCUT2D eigenvalue weighted by atomic mass is 16.5. The van der Waals surface area contributed by atoms with Crippen LogP contribution >= 0.6 is 0 Å². The highest BCUT2D eigenvalue weighted by Crippen LogP contribution is 2.35. The number of nitrogens with zero attached hydrogens (tertiary/aromatic N) is 5. The van der Waals surface area contributed by atoms with Crippen LogP contribution in [0.3, 0.4) is 0 Å². The number of H-pyrrole nitrogens is 1. The summed E-state index contributed by atoms with van der Waals surface area (Å²) in [7, 11) is 1.90. The van der Waals surface area contributed by atoms with E-state index >= 15 is 0 Å². The Kier molecular flexibility index (Phi) is 6.94. The summed E-state index contributed by atoms with van der Waals surface area (Å²) in [5.74, 6) is 0.461. The van der Waals surface area contributed by atoms with Crippen LogP contribution in [-0.4, -0.2) is 55.9 Å². The maximum atomic E-state index is 13.6. The molecule has 2 unspecified atom stereocenters. The molecule has 0 radical (unpaired) electrons. The minimum absolute atomic E-state index is 0.129. The molecule has 6 rings (SSSR count). The second-order valence-electron chi connectivity index (χ2n) is 11.2. The second-order valence-corrected chi connectivity index (χ2v) is 11.2. The van der Waals surface area contributed by atoms with Crippen molar-refractivity contribution in [1.29, 1.82) is 0 Å². The summed E-state index contributed by atoms with van der Waals surface area (Å²) in [5, 5.41) is 7.41. The lowest BCUT2D eigenvalue weighted by atomic mass is 9.92. The molecule has 2 bridgehead atoms. The zero-order valence-corrected chi connectivity index (χ0v) is 24.1. The van der Waals surface area contributed by atoms with Gasteiger partial charge in [0, 0.05) is 53.9 Å². The zero-order valence-electron chi connectivity index (χ0n) is 24.1. The molecular formula is C31H35N7O3. The number of nitrogens with one attached hydrogen (secondary N) is 2. The summed E-state index contributed by atoms with van der Waals surface area (Å²) in [6.45, 7) is 9.22. The van der Waals surface area contributed by atoms with Crippen molar-refractivity contribution in [3.63, 3.8) is 0 Å². The molecule has 1 aromatic carbocycles. The van der Waals surface area contributed by atoms with E-state index in [1.165, 1.54) is 0 Å². The van der Waals surface area contributed by atoms with Gasteiger partial charge in [0.1, 0.15) is 0 Å². The van der Waals surface area contributed by atoms with Gasteiger partial charge in [0.25, 0.3) is 11.5 Å². The Morgan fingerprint density at radius 3 is 2.34 bits per heavy atom. The fraction of sp³-hybridized carbons (Fsp3) is 0.387. The van der Waals surface area contributed by atoms with Crippen molar-refractivity contribution in [3.05, 3.63) is 80.7 Å². The molecule has 4 aromatic rings. The number of carbonyl (C=O) groups is 1. The Balaban J connectivity index is 1.37. The molecule has 2 aliphatic heterocycles. The van der Waals surface area contributed by atoms with Crippen molar-refractivity contribution in [2.45, 2.75) is 59.2 Å². The molecule has 10 nitrogen and oxygen atoms in total. The first-order valence-electron chi connectivity index (χ1n) is 14.0. The van der Waals surface area contributed by atoms with Gasteiger partial charge < -0.3 is 19.9 Å². The molecule has 212 valence electrons. The molecule has 0 aliphatic carbocycles. The van der Waals surface area contributed by atoms with Crippen LogP contribution in [0.4, 0.5) is 5.95 Å². The number of ether oxygens (including phenoxy) is 1. The summed E-state index contributed by atoms with van der Waals surface area (Å²) >= 11 is 0. The van der Waals surface area contributed by atoms with Gasteiger partial charge in [-0.3, -0.25) is 14.3 Å². The minimum Gasteiger partial charge on any atom is -0.377 e. The zero-order chi connectivity index (χ0) is 28.8. The number of amides is 1. The van der Waals surface area contributed by atoms with Crippen LogP contribution in [0, 0.1) is 27.7 Å². The van der Waals surface area contributed by atoms with E-state index in [2.05, 4.69) is 26.4 Å². The first-order chi connectivity index (χ1) is 19.7. The summed E-state index contributed by atoms with van der Waals surface area (Å²) < 4.78 is 7.55. The largest absolute Gasteiger partial charge is 0.377 e. The van der Waals surface area contributed by atoms with E-state index in [9.17, 15) is 9.59 Å². The molecular weight excluding hydrogens is 518 g/mol. The number of hydrogen-bond donors (Lipinski definition) is 2. The Morgan fingerprint density at radius 1 is 1.00 bits per heavy atom. The average Bonchev–Trinajstić information content (AvgIpc) is 3.40. The van der Waals surface area contributed by atoms with E-state index in [1.807, 2.05) is 70.1 Å². The summed E-state index contributed by atoms with van der Waals surface area (Å²) in [6, 6.07) is 6.49. The summed E-state index contributed by atoms with van der Waals surface area (Å²) in [4.78, 5) is 40.8. The number of pyridine rings is 1. The molecule has 0 saturated carbocycles. The Morgan fingerprint density at radius 2 is 1.71 bits per heavy atom. The number of morpholine rings is 1. The molecule has 2 atom stereocenters. The molecule has 2 aliphatic rings. The first-order valence-corrected chi connectivity index (χ1v) is 14.0. The van der Waals surface area contributed by atoms with Gasteiger partial charge in [0.2, 0.25) is 5.95 Å². The molecule has 3 aromatic heterocycles. The van der Waals surface area contributed by atoms with E-state index < -0.39 is 0 Å². The number of aromatic amines is 1. The van der Waals surface area contributed by atoms with Gasteiger partial charge in [-0.15, -0.1) is 0 Å². The summed E-state index contributed by atoms with van der Waals surface area (Å²) in [6.07, 6.45) is 7.67. The number of aromatic nitrogens is 5. The van der Waals surface area contributed by atoms with Gasteiger partial charge in [-0.25, -0.2) is 9.97 Å². The molecule has 2 fully saturated rings. The second kappa shape index (κ2) is 10.6. The third kappa shape index (κ3) is 4.93. The fourth-order valence-electron chi connectivity index (χ4n) is 6.22. The lowest BCUT2D eigenvalue weighted by molar-refractivity contribution is 0.0897. The van der Waals surface area contributed by atoms with Crippen LogP contribution in [0.25, 0.3) is 22.4 Å². The van der Waals surface area contributed by atoms with Crippen molar-refractivity contribution in [1.82, 2.24) is 30.0 Å². The predicted molar refractivity (Wildman–Crippen MR) is 157 cm³/mol. The van der Waals surface area contributed by atoms with Gasteiger partial charge in [0.05, 0.1) is 37.2 Å². The maximum absolute atomic E-state index is 13.6. The summed E-state index contributed by atoms with van der Waals surface area (Å²) in [5.41, 5.74) is 7.83. The number of rotatable bonds is 6. The van der Waals surface area contributed by atoms with E-state index in [4.69, 9.17) is 14.7 Å². The first kappa shape index (κ1) is 26.9. The number of aryl methyl sites for hydroxylation is 4. The maximum Gasteiger partial charge on any atom is 0.253 e. The molecule has 5 heterocycles. The normalized spacial score (nSPS) is 18.1. The average molecular weight is 554 g/mol. The number of anilines is 1. The number of hydrogen-bond acceptors (Lipinski definition) is 7. The van der Waals surface area contributed by atoms with Crippen molar-refractivity contribution >= 4 is 11.9 Å². The standard InChI is InChI=1S/C31H35N7O3/c1-17-8-19(3)36-30(40)27(17)14-32-29(39)26-10-21(9-25(20(26)4)28-18(2)11-35-37(28)5)22-12-33-31(34-13-22)38-23-6-7-24(38)16-41-15-23/h8-13,23-24H,6-7,14-16H2,1-5H3,(H,32,39)(H,36,40). The Hall–Kier alpha value is -4.31. The van der Waals surface area contributed by atoms with Gasteiger partial charge >= 0.3 is 0 Å². The quantitative estimate of drug-likeness (QED) is 0.373. The van der Waals surface area contributed by atoms with E-state index in [-0.39, 0.29) is 18.0 Å². The molecule has 2 saturated heterocycles.